The first kappa shape index (κ1) is 15.8. The average Bonchev–Trinajstić information content (AvgIpc) is 2.67. The monoisotopic (exact) mass is 289 g/mol. The predicted molar refractivity (Wildman–Crippen MR) is 86.9 cm³/mol. The number of amides is 1. The predicted octanol–water partition coefficient (Wildman–Crippen LogP) is 2.77. The van der Waals surface area contributed by atoms with E-state index < -0.39 is 5.91 Å². The van der Waals surface area contributed by atoms with Gasteiger partial charge >= 0.3 is 0 Å². The normalized spacial score (nSPS) is 20.1. The highest BCUT2D eigenvalue weighted by molar-refractivity contribution is 5.93. The number of carbonyl (C=O) groups excluding carboxylic acids is 1. The third kappa shape index (κ3) is 4.46. The van der Waals surface area contributed by atoms with E-state index >= 15 is 0 Å². The Bertz CT molecular complexity index is 487. The molecule has 4 nitrogen and oxygen atoms in total. The molecule has 4 N–H and O–H groups in total. The maximum absolute atomic E-state index is 11.2. The lowest BCUT2D eigenvalue weighted by molar-refractivity contribution is 0.100. The zero-order valence-electron chi connectivity index (χ0n) is 13.0. The Morgan fingerprint density at radius 2 is 2.14 bits per heavy atom. The van der Waals surface area contributed by atoms with Crippen molar-refractivity contribution in [3.05, 3.63) is 29.3 Å². The second kappa shape index (κ2) is 7.46. The van der Waals surface area contributed by atoms with E-state index in [1.165, 1.54) is 32.1 Å². The fourth-order valence-corrected chi connectivity index (χ4v) is 3.21. The van der Waals surface area contributed by atoms with Gasteiger partial charge in [-0.25, -0.2) is 0 Å². The van der Waals surface area contributed by atoms with Crippen molar-refractivity contribution < 1.29 is 4.79 Å². The summed E-state index contributed by atoms with van der Waals surface area (Å²) in [4.78, 5) is 13.6. The van der Waals surface area contributed by atoms with E-state index in [9.17, 15) is 4.79 Å². The molecule has 0 aromatic heterocycles. The number of hydrogen-bond acceptors (Lipinski definition) is 3. The third-order valence-corrected chi connectivity index (χ3v) is 4.46. The van der Waals surface area contributed by atoms with Gasteiger partial charge in [-0.15, -0.1) is 0 Å². The lowest BCUT2D eigenvalue weighted by Gasteiger charge is -2.21. The first-order chi connectivity index (χ1) is 10.1. The molecular weight excluding hydrogens is 262 g/mol. The van der Waals surface area contributed by atoms with Crippen molar-refractivity contribution >= 4 is 11.6 Å². The fraction of sp³-hybridized carbons (Fsp3) is 0.588. The maximum atomic E-state index is 11.2. The van der Waals surface area contributed by atoms with E-state index in [1.807, 2.05) is 6.07 Å². The van der Waals surface area contributed by atoms with Crippen LogP contribution in [-0.4, -0.2) is 23.9 Å². The highest BCUT2D eigenvalue weighted by Gasteiger charge is 2.17. The molecule has 1 aliphatic heterocycles. The van der Waals surface area contributed by atoms with Gasteiger partial charge in [-0.2, -0.15) is 0 Å². The number of likely N-dealkylation sites (tertiary alicyclic amines) is 1. The molecular formula is C17H27N3O. The molecule has 116 valence electrons. The topological polar surface area (TPSA) is 72.3 Å². The van der Waals surface area contributed by atoms with Crippen LogP contribution in [0.15, 0.2) is 18.2 Å². The summed E-state index contributed by atoms with van der Waals surface area (Å²) in [7, 11) is 0. The molecule has 1 atom stereocenters. The number of benzene rings is 1. The summed E-state index contributed by atoms with van der Waals surface area (Å²) >= 11 is 0. The van der Waals surface area contributed by atoms with E-state index in [-0.39, 0.29) is 0 Å². The molecule has 0 radical (unpaired) electrons. The van der Waals surface area contributed by atoms with Gasteiger partial charge in [0.05, 0.1) is 0 Å². The number of rotatable bonds is 5. The molecule has 0 bridgehead atoms. The maximum Gasteiger partial charge on any atom is 0.248 e. The SMILES string of the molecule is CCCC1CCCN(Cc2ccc(C(N)=O)cc2N)CC1. The first-order valence-corrected chi connectivity index (χ1v) is 8.00. The van der Waals surface area contributed by atoms with Crippen molar-refractivity contribution in [3.8, 4) is 0 Å². The average molecular weight is 289 g/mol. The van der Waals surface area contributed by atoms with Crippen LogP contribution in [0.1, 0.15) is 54.9 Å². The Labute approximate surface area is 127 Å². The number of primary amides is 1. The second-order valence-electron chi connectivity index (χ2n) is 6.14. The molecule has 1 fully saturated rings. The Kier molecular flexibility index (Phi) is 5.62. The van der Waals surface area contributed by atoms with Crippen LogP contribution < -0.4 is 11.5 Å². The van der Waals surface area contributed by atoms with Gasteiger partial charge < -0.3 is 11.5 Å². The van der Waals surface area contributed by atoms with Crippen molar-refractivity contribution in [2.45, 2.75) is 45.6 Å². The van der Waals surface area contributed by atoms with E-state index in [0.717, 1.165) is 31.1 Å². The largest absolute Gasteiger partial charge is 0.398 e. The van der Waals surface area contributed by atoms with Crippen LogP contribution in [0.5, 0.6) is 0 Å². The van der Waals surface area contributed by atoms with E-state index in [4.69, 9.17) is 11.5 Å². The second-order valence-corrected chi connectivity index (χ2v) is 6.14. The Balaban J connectivity index is 1.97. The van der Waals surface area contributed by atoms with Crippen LogP contribution >= 0.6 is 0 Å². The highest BCUT2D eigenvalue weighted by Crippen LogP contribution is 2.24. The molecule has 2 rings (SSSR count). The van der Waals surface area contributed by atoms with Gasteiger partial charge in [0.25, 0.3) is 0 Å². The molecule has 21 heavy (non-hydrogen) atoms. The first-order valence-electron chi connectivity index (χ1n) is 8.00. The number of carbonyl (C=O) groups is 1. The van der Waals surface area contributed by atoms with Gasteiger partial charge in [0.15, 0.2) is 0 Å². The van der Waals surface area contributed by atoms with Crippen molar-refractivity contribution in [3.63, 3.8) is 0 Å². The lowest BCUT2D eigenvalue weighted by Crippen LogP contribution is -2.25. The standard InChI is InChI=1S/C17H27N3O/c1-2-4-13-5-3-9-20(10-8-13)12-15-7-6-14(17(19)21)11-16(15)18/h6-7,11,13H,2-5,8-10,12,18H2,1H3,(H2,19,21). The molecule has 1 unspecified atom stereocenters. The Hall–Kier alpha value is -1.55. The van der Waals surface area contributed by atoms with E-state index in [1.54, 1.807) is 12.1 Å². The number of anilines is 1. The lowest BCUT2D eigenvalue weighted by atomic mass is 9.96. The van der Waals surface area contributed by atoms with Crippen LogP contribution in [0.3, 0.4) is 0 Å². The van der Waals surface area contributed by atoms with Gasteiger partial charge in [0.2, 0.25) is 5.91 Å². The third-order valence-electron chi connectivity index (χ3n) is 4.46. The van der Waals surface area contributed by atoms with Gasteiger partial charge in [-0.3, -0.25) is 9.69 Å². The molecule has 1 saturated heterocycles. The summed E-state index contributed by atoms with van der Waals surface area (Å²) in [6.45, 7) is 5.41. The van der Waals surface area contributed by atoms with Gasteiger partial charge in [0.1, 0.15) is 0 Å². The van der Waals surface area contributed by atoms with E-state index in [0.29, 0.717) is 11.3 Å². The van der Waals surface area contributed by atoms with E-state index in [2.05, 4.69) is 11.8 Å². The van der Waals surface area contributed by atoms with Crippen LogP contribution in [-0.2, 0) is 6.54 Å². The molecule has 0 saturated carbocycles. The van der Waals surface area contributed by atoms with Crippen molar-refractivity contribution in [1.29, 1.82) is 0 Å². The quantitative estimate of drug-likeness (QED) is 0.819. The van der Waals surface area contributed by atoms with Crippen molar-refractivity contribution in [2.24, 2.45) is 11.7 Å². The van der Waals surface area contributed by atoms with Gasteiger partial charge in [0, 0.05) is 17.8 Å². The molecule has 0 spiro atoms. The van der Waals surface area contributed by atoms with Crippen LogP contribution in [0, 0.1) is 5.92 Å². The summed E-state index contributed by atoms with van der Waals surface area (Å²) in [6.07, 6.45) is 6.53. The highest BCUT2D eigenvalue weighted by atomic mass is 16.1. The molecule has 1 aromatic carbocycles. The Morgan fingerprint density at radius 3 is 2.81 bits per heavy atom. The number of nitrogen functional groups attached to an aromatic ring is 1. The minimum atomic E-state index is -0.426. The minimum Gasteiger partial charge on any atom is -0.398 e. The summed E-state index contributed by atoms with van der Waals surface area (Å²) in [5.41, 5.74) is 13.6. The van der Waals surface area contributed by atoms with Crippen LogP contribution in [0.25, 0.3) is 0 Å². The van der Waals surface area contributed by atoms with Gasteiger partial charge in [-0.05, 0) is 56.0 Å². The molecule has 4 heteroatoms. The molecule has 0 aliphatic carbocycles. The summed E-state index contributed by atoms with van der Waals surface area (Å²) in [6, 6.07) is 5.39. The number of nitrogens with zero attached hydrogens (tertiary/aromatic N) is 1. The van der Waals surface area contributed by atoms with Crippen LogP contribution in [0.2, 0.25) is 0 Å². The van der Waals surface area contributed by atoms with Crippen LogP contribution in [0.4, 0.5) is 5.69 Å². The summed E-state index contributed by atoms with van der Waals surface area (Å²) in [5, 5.41) is 0. The molecule has 1 aromatic rings. The molecule has 1 amide bonds. The van der Waals surface area contributed by atoms with Crippen molar-refractivity contribution in [2.75, 3.05) is 18.8 Å². The summed E-state index contributed by atoms with van der Waals surface area (Å²) in [5.74, 6) is 0.458. The number of hydrogen-bond donors (Lipinski definition) is 2. The zero-order chi connectivity index (χ0) is 15.2. The Morgan fingerprint density at radius 1 is 1.33 bits per heavy atom. The zero-order valence-corrected chi connectivity index (χ0v) is 13.0. The molecule has 1 aliphatic rings. The summed E-state index contributed by atoms with van der Waals surface area (Å²) < 4.78 is 0. The minimum absolute atomic E-state index is 0.426. The van der Waals surface area contributed by atoms with Crippen molar-refractivity contribution in [1.82, 2.24) is 4.90 Å². The fourth-order valence-electron chi connectivity index (χ4n) is 3.21. The molecule has 1 heterocycles. The van der Waals surface area contributed by atoms with Gasteiger partial charge in [-0.1, -0.05) is 25.8 Å². The smallest absolute Gasteiger partial charge is 0.248 e. The number of nitrogens with two attached hydrogens (primary N) is 2.